The Morgan fingerprint density at radius 1 is 1.33 bits per heavy atom. The van der Waals surface area contributed by atoms with Crippen molar-refractivity contribution >= 4 is 18.3 Å². The van der Waals surface area contributed by atoms with E-state index in [-0.39, 0.29) is 0 Å². The molecule has 1 rings (SSSR count). The second-order valence-electron chi connectivity index (χ2n) is 2.59. The van der Waals surface area contributed by atoms with E-state index in [4.69, 9.17) is 15.5 Å². The average Bonchev–Trinajstić information content (AvgIpc) is 2.04. The molecule has 12 heavy (non-hydrogen) atoms. The Hall–Kier alpha value is -1.13. The van der Waals surface area contributed by atoms with Gasteiger partial charge in [0.15, 0.2) is 0 Å². The molecule has 0 aliphatic rings. The first-order valence-electron chi connectivity index (χ1n) is 3.63. The molecule has 0 saturated heterocycles. The predicted molar refractivity (Wildman–Crippen MR) is 48.8 cm³/mol. The highest BCUT2D eigenvalue weighted by molar-refractivity contribution is 6.60. The molecule has 0 saturated carbocycles. The number of hydrogen-bond donors (Lipinski definition) is 3. The van der Waals surface area contributed by atoms with Gasteiger partial charge in [-0.25, -0.2) is 0 Å². The first-order chi connectivity index (χ1) is 5.63. The van der Waals surface area contributed by atoms with E-state index < -0.39 is 7.12 Å². The van der Waals surface area contributed by atoms with E-state index in [9.17, 15) is 0 Å². The molecule has 0 spiro atoms. The van der Waals surface area contributed by atoms with Gasteiger partial charge in [0, 0.05) is 5.71 Å². The van der Waals surface area contributed by atoms with Gasteiger partial charge in [0.1, 0.15) is 0 Å². The van der Waals surface area contributed by atoms with Crippen molar-refractivity contribution < 1.29 is 10.0 Å². The molecule has 0 fully saturated rings. The normalized spacial score (nSPS) is 9.58. The molecule has 1 aromatic carbocycles. The summed E-state index contributed by atoms with van der Waals surface area (Å²) in [5.41, 5.74) is 1.29. The van der Waals surface area contributed by atoms with Gasteiger partial charge in [0.05, 0.1) is 0 Å². The van der Waals surface area contributed by atoms with E-state index in [2.05, 4.69) is 0 Å². The SMILES string of the molecule is CC(=N)c1ccccc1B(O)O. The topological polar surface area (TPSA) is 64.3 Å². The van der Waals surface area contributed by atoms with Crippen LogP contribution in [0, 0.1) is 5.41 Å². The monoisotopic (exact) mass is 163 g/mol. The maximum Gasteiger partial charge on any atom is 0.489 e. The average molecular weight is 163 g/mol. The second-order valence-corrected chi connectivity index (χ2v) is 2.59. The van der Waals surface area contributed by atoms with Gasteiger partial charge >= 0.3 is 7.12 Å². The van der Waals surface area contributed by atoms with Gasteiger partial charge in [0.2, 0.25) is 0 Å². The van der Waals surface area contributed by atoms with Crippen LogP contribution >= 0.6 is 0 Å². The Morgan fingerprint density at radius 3 is 2.33 bits per heavy atom. The van der Waals surface area contributed by atoms with E-state index >= 15 is 0 Å². The lowest BCUT2D eigenvalue weighted by atomic mass is 9.76. The number of rotatable bonds is 2. The molecule has 3 nitrogen and oxygen atoms in total. The molecular formula is C8H10BNO2. The Morgan fingerprint density at radius 2 is 1.92 bits per heavy atom. The van der Waals surface area contributed by atoms with Crippen molar-refractivity contribution in [1.82, 2.24) is 0 Å². The minimum absolute atomic E-state index is 0.332. The van der Waals surface area contributed by atoms with E-state index in [1.807, 2.05) is 0 Å². The fraction of sp³-hybridized carbons (Fsp3) is 0.125. The molecule has 0 heterocycles. The molecule has 62 valence electrons. The van der Waals surface area contributed by atoms with Crippen LogP contribution in [0.25, 0.3) is 0 Å². The van der Waals surface area contributed by atoms with Crippen molar-refractivity contribution in [2.75, 3.05) is 0 Å². The summed E-state index contributed by atoms with van der Waals surface area (Å²) in [6.45, 7) is 1.61. The van der Waals surface area contributed by atoms with Gasteiger partial charge in [-0.1, -0.05) is 24.3 Å². The number of nitrogens with one attached hydrogen (secondary N) is 1. The van der Waals surface area contributed by atoms with Crippen LogP contribution in [0.5, 0.6) is 0 Å². The molecule has 0 aliphatic carbocycles. The van der Waals surface area contributed by atoms with Gasteiger partial charge in [-0.3, -0.25) is 0 Å². The maximum absolute atomic E-state index is 8.91. The summed E-state index contributed by atoms with van der Waals surface area (Å²) in [5.74, 6) is 0. The third-order valence-electron chi connectivity index (χ3n) is 1.64. The van der Waals surface area contributed by atoms with Gasteiger partial charge in [-0.2, -0.15) is 0 Å². The van der Waals surface area contributed by atoms with Gasteiger partial charge in [-0.15, -0.1) is 0 Å². The molecular weight excluding hydrogens is 153 g/mol. The van der Waals surface area contributed by atoms with Crippen LogP contribution in [-0.4, -0.2) is 22.9 Å². The first kappa shape index (κ1) is 8.97. The summed E-state index contributed by atoms with van der Waals surface area (Å²) in [6, 6.07) is 6.76. The molecule has 0 atom stereocenters. The van der Waals surface area contributed by atoms with Crippen molar-refractivity contribution in [3.63, 3.8) is 0 Å². The maximum atomic E-state index is 8.91. The van der Waals surface area contributed by atoms with Gasteiger partial charge in [0.25, 0.3) is 0 Å². The summed E-state index contributed by atoms with van der Waals surface area (Å²) >= 11 is 0. The summed E-state index contributed by atoms with van der Waals surface area (Å²) in [5, 5.41) is 25.2. The van der Waals surface area contributed by atoms with Crippen LogP contribution in [0.15, 0.2) is 24.3 Å². The lowest BCUT2D eigenvalue weighted by Crippen LogP contribution is -2.34. The Labute approximate surface area is 71.3 Å². The molecule has 0 bridgehead atoms. The molecule has 0 aromatic heterocycles. The van der Waals surface area contributed by atoms with Gasteiger partial charge < -0.3 is 15.5 Å². The van der Waals surface area contributed by atoms with E-state index in [1.54, 1.807) is 31.2 Å². The van der Waals surface area contributed by atoms with Crippen molar-refractivity contribution in [3.05, 3.63) is 29.8 Å². The lowest BCUT2D eigenvalue weighted by molar-refractivity contribution is 0.425. The molecule has 0 unspecified atom stereocenters. The number of benzene rings is 1. The third-order valence-corrected chi connectivity index (χ3v) is 1.64. The predicted octanol–water partition coefficient (Wildman–Crippen LogP) is -0.246. The largest absolute Gasteiger partial charge is 0.489 e. The summed E-state index contributed by atoms with van der Waals surface area (Å²) < 4.78 is 0. The van der Waals surface area contributed by atoms with Gasteiger partial charge in [-0.05, 0) is 17.9 Å². The molecule has 4 heteroatoms. The van der Waals surface area contributed by atoms with Crippen LogP contribution in [0.3, 0.4) is 0 Å². The molecule has 3 N–H and O–H groups in total. The van der Waals surface area contributed by atoms with Crippen LogP contribution < -0.4 is 5.46 Å². The smallest absolute Gasteiger partial charge is 0.423 e. The first-order valence-corrected chi connectivity index (χ1v) is 3.63. The van der Waals surface area contributed by atoms with Crippen molar-refractivity contribution in [2.24, 2.45) is 0 Å². The second kappa shape index (κ2) is 3.52. The minimum Gasteiger partial charge on any atom is -0.423 e. The quantitative estimate of drug-likeness (QED) is 0.415. The van der Waals surface area contributed by atoms with Crippen LogP contribution in [0.2, 0.25) is 0 Å². The summed E-state index contributed by atoms with van der Waals surface area (Å²) in [6.07, 6.45) is 0. The van der Waals surface area contributed by atoms with Crippen molar-refractivity contribution in [3.8, 4) is 0 Å². The zero-order valence-electron chi connectivity index (χ0n) is 6.78. The summed E-state index contributed by atoms with van der Waals surface area (Å²) in [4.78, 5) is 0. The van der Waals surface area contributed by atoms with E-state index in [1.165, 1.54) is 0 Å². The Bertz CT molecular complexity index is 299. The fourth-order valence-corrected chi connectivity index (χ4v) is 1.06. The standard InChI is InChI=1S/C8H10BNO2/c1-6(10)7-4-2-3-5-8(7)9(11)12/h2-5,10-12H,1H3. The van der Waals surface area contributed by atoms with Crippen molar-refractivity contribution in [2.45, 2.75) is 6.92 Å². The molecule has 0 amide bonds. The highest BCUT2D eigenvalue weighted by Gasteiger charge is 2.15. The summed E-state index contributed by atoms with van der Waals surface area (Å²) in [7, 11) is -1.50. The van der Waals surface area contributed by atoms with E-state index in [0.717, 1.165) is 0 Å². The molecule has 0 radical (unpaired) electrons. The fourth-order valence-electron chi connectivity index (χ4n) is 1.06. The zero-order chi connectivity index (χ0) is 9.14. The number of hydrogen-bond acceptors (Lipinski definition) is 3. The van der Waals surface area contributed by atoms with Crippen LogP contribution in [-0.2, 0) is 0 Å². The van der Waals surface area contributed by atoms with Crippen LogP contribution in [0.1, 0.15) is 12.5 Å². The highest BCUT2D eigenvalue weighted by Crippen LogP contribution is 1.97. The Kier molecular flexibility index (Phi) is 2.63. The third kappa shape index (κ3) is 1.72. The molecule has 0 aliphatic heterocycles. The molecule has 1 aromatic rings. The highest BCUT2D eigenvalue weighted by atomic mass is 16.4. The minimum atomic E-state index is -1.50. The van der Waals surface area contributed by atoms with Crippen LogP contribution in [0.4, 0.5) is 0 Å². The zero-order valence-corrected chi connectivity index (χ0v) is 6.78. The Balaban J connectivity index is 3.17. The van der Waals surface area contributed by atoms with Crippen molar-refractivity contribution in [1.29, 1.82) is 5.41 Å². The lowest BCUT2D eigenvalue weighted by Gasteiger charge is -2.05. The van der Waals surface area contributed by atoms with E-state index in [0.29, 0.717) is 16.7 Å².